The largest absolute Gasteiger partial charge is 0.479 e. The fourth-order valence-electron chi connectivity index (χ4n) is 1.42. The van der Waals surface area contributed by atoms with Crippen LogP contribution in [-0.4, -0.2) is 39.3 Å². The lowest BCUT2D eigenvalue weighted by molar-refractivity contribution is -0.146. The Hall–Kier alpha value is -1.34. The number of halogens is 1. The van der Waals surface area contributed by atoms with Crippen LogP contribution in [0.15, 0.2) is 16.7 Å². The van der Waals surface area contributed by atoms with Crippen LogP contribution >= 0.6 is 15.9 Å². The molecule has 1 aromatic rings. The van der Waals surface area contributed by atoms with Gasteiger partial charge in [-0.15, -0.1) is 0 Å². The number of rotatable bonds is 5. The van der Waals surface area contributed by atoms with E-state index in [1.54, 1.807) is 16.8 Å². The summed E-state index contributed by atoms with van der Waals surface area (Å²) in [4.78, 5) is 22.3. The van der Waals surface area contributed by atoms with Crippen LogP contribution < -0.4 is 5.32 Å². The molecule has 1 aromatic heterocycles. The van der Waals surface area contributed by atoms with Crippen molar-refractivity contribution in [3.8, 4) is 0 Å². The summed E-state index contributed by atoms with van der Waals surface area (Å²) in [6, 6.07) is 1.74. The maximum Gasteiger partial charge on any atom is 0.334 e. The number of nitrogens with zero attached hydrogens (tertiary/aromatic N) is 1. The Bertz CT molecular complexity index is 456. The van der Waals surface area contributed by atoms with E-state index in [9.17, 15) is 9.59 Å². The Morgan fingerprint density at radius 2 is 2.11 bits per heavy atom. The van der Waals surface area contributed by atoms with Crippen LogP contribution in [0.2, 0.25) is 0 Å². The minimum Gasteiger partial charge on any atom is -0.479 e. The molecule has 0 bridgehead atoms. The average Bonchev–Trinajstić information content (AvgIpc) is 2.67. The molecule has 100 valence electrons. The van der Waals surface area contributed by atoms with Crippen molar-refractivity contribution in [2.75, 3.05) is 6.54 Å². The molecule has 3 N–H and O–H groups in total. The normalized spacial score (nSPS) is 12.5. The minimum atomic E-state index is -1.60. The number of aliphatic carboxylic acids is 1. The summed E-state index contributed by atoms with van der Waals surface area (Å²) in [6.07, 6.45) is 0.174. The van der Waals surface area contributed by atoms with Gasteiger partial charge in [-0.05, 0) is 35.8 Å². The second-order valence-electron chi connectivity index (χ2n) is 4.11. The van der Waals surface area contributed by atoms with Crippen molar-refractivity contribution in [2.24, 2.45) is 0 Å². The molecule has 0 aliphatic heterocycles. The first-order valence-electron chi connectivity index (χ1n) is 5.39. The van der Waals surface area contributed by atoms with Gasteiger partial charge in [0.05, 0.1) is 6.54 Å². The van der Waals surface area contributed by atoms with Gasteiger partial charge in [-0.2, -0.15) is 0 Å². The fourth-order valence-corrected chi connectivity index (χ4v) is 1.86. The highest BCUT2D eigenvalue weighted by molar-refractivity contribution is 9.10. The zero-order valence-electron chi connectivity index (χ0n) is 10.1. The monoisotopic (exact) mass is 318 g/mol. The number of aliphatic hydroxyl groups is 1. The number of hydrogen-bond donors (Lipinski definition) is 3. The molecular weight excluding hydrogens is 304 g/mol. The highest BCUT2D eigenvalue weighted by Crippen LogP contribution is 2.19. The highest BCUT2D eigenvalue weighted by Gasteiger charge is 2.18. The van der Waals surface area contributed by atoms with Gasteiger partial charge < -0.3 is 20.1 Å². The van der Waals surface area contributed by atoms with Gasteiger partial charge in [0.15, 0.2) is 6.10 Å². The summed E-state index contributed by atoms with van der Waals surface area (Å²) in [6.45, 7) is 3.53. The molecule has 1 atom stereocenters. The molecule has 1 rings (SSSR count). The van der Waals surface area contributed by atoms with Crippen molar-refractivity contribution in [3.63, 3.8) is 0 Å². The first-order valence-corrected chi connectivity index (χ1v) is 6.18. The van der Waals surface area contributed by atoms with E-state index < -0.39 is 18.0 Å². The summed E-state index contributed by atoms with van der Waals surface area (Å²) in [5.74, 6) is -1.79. The Kier molecular flexibility index (Phi) is 4.92. The lowest BCUT2D eigenvalue weighted by Gasteiger charge is -2.13. The highest BCUT2D eigenvalue weighted by atomic mass is 79.9. The van der Waals surface area contributed by atoms with E-state index in [1.807, 2.05) is 13.8 Å². The third-order valence-electron chi connectivity index (χ3n) is 2.35. The third-order valence-corrected chi connectivity index (χ3v) is 2.78. The Morgan fingerprint density at radius 3 is 2.61 bits per heavy atom. The molecule has 0 aliphatic carbocycles. The van der Waals surface area contributed by atoms with Crippen molar-refractivity contribution < 1.29 is 19.8 Å². The molecule has 0 radical (unpaired) electrons. The number of carbonyl (C=O) groups excluding carboxylic acids is 1. The summed E-state index contributed by atoms with van der Waals surface area (Å²) in [5.41, 5.74) is 0.412. The molecule has 0 fully saturated rings. The molecule has 1 amide bonds. The van der Waals surface area contributed by atoms with E-state index in [0.29, 0.717) is 5.69 Å². The van der Waals surface area contributed by atoms with Crippen molar-refractivity contribution in [1.29, 1.82) is 0 Å². The minimum absolute atomic E-state index is 0.0986. The zero-order chi connectivity index (χ0) is 13.9. The van der Waals surface area contributed by atoms with Crippen molar-refractivity contribution >= 4 is 27.8 Å². The number of carboxylic acid groups (broad SMARTS) is 1. The molecule has 0 aromatic carbocycles. The molecule has 7 heteroatoms. The first kappa shape index (κ1) is 14.7. The molecule has 0 spiro atoms. The van der Waals surface area contributed by atoms with Crippen LogP contribution in [0.3, 0.4) is 0 Å². The van der Waals surface area contributed by atoms with Gasteiger partial charge >= 0.3 is 5.97 Å². The van der Waals surface area contributed by atoms with E-state index in [1.165, 1.54) is 0 Å². The second-order valence-corrected chi connectivity index (χ2v) is 5.02. The van der Waals surface area contributed by atoms with Crippen molar-refractivity contribution in [3.05, 3.63) is 22.4 Å². The summed E-state index contributed by atoms with van der Waals surface area (Å²) in [5, 5.41) is 20.0. The Labute approximate surface area is 113 Å². The number of hydrogen-bond acceptors (Lipinski definition) is 3. The summed E-state index contributed by atoms with van der Waals surface area (Å²) in [7, 11) is 0. The predicted octanol–water partition coefficient (Wildman–Crippen LogP) is 1.01. The lowest BCUT2D eigenvalue weighted by atomic mass is 10.3. The fraction of sp³-hybridized carbons (Fsp3) is 0.455. The van der Waals surface area contributed by atoms with Crippen LogP contribution in [0, 0.1) is 0 Å². The van der Waals surface area contributed by atoms with E-state index in [-0.39, 0.29) is 12.6 Å². The number of aliphatic hydroxyl groups excluding tert-OH is 1. The number of carboxylic acids is 1. The van der Waals surface area contributed by atoms with Gasteiger partial charge in [0, 0.05) is 16.7 Å². The van der Waals surface area contributed by atoms with E-state index in [4.69, 9.17) is 10.2 Å². The summed E-state index contributed by atoms with van der Waals surface area (Å²) >= 11 is 3.28. The SMILES string of the molecule is CC(C)n1cc(Br)cc1C(=O)NC[C@H](O)C(=O)O. The van der Waals surface area contributed by atoms with Gasteiger partial charge in [-0.3, -0.25) is 4.79 Å². The zero-order valence-corrected chi connectivity index (χ0v) is 11.6. The van der Waals surface area contributed by atoms with Crippen LogP contribution in [0.4, 0.5) is 0 Å². The summed E-state index contributed by atoms with van der Waals surface area (Å²) < 4.78 is 2.52. The Morgan fingerprint density at radius 1 is 1.50 bits per heavy atom. The van der Waals surface area contributed by atoms with Crippen molar-refractivity contribution in [1.82, 2.24) is 9.88 Å². The van der Waals surface area contributed by atoms with E-state index in [0.717, 1.165) is 4.47 Å². The smallest absolute Gasteiger partial charge is 0.334 e. The maximum absolute atomic E-state index is 11.9. The van der Waals surface area contributed by atoms with Gasteiger partial charge in [0.2, 0.25) is 0 Å². The average molecular weight is 319 g/mol. The van der Waals surface area contributed by atoms with Gasteiger partial charge in [-0.25, -0.2) is 4.79 Å². The second kappa shape index (κ2) is 6.01. The molecule has 6 nitrogen and oxygen atoms in total. The van der Waals surface area contributed by atoms with Crippen LogP contribution in [0.5, 0.6) is 0 Å². The first-order chi connectivity index (χ1) is 8.32. The molecule has 0 unspecified atom stereocenters. The number of carbonyl (C=O) groups is 2. The number of nitrogens with one attached hydrogen (secondary N) is 1. The van der Waals surface area contributed by atoms with Crippen LogP contribution in [0.25, 0.3) is 0 Å². The molecule has 0 aliphatic rings. The predicted molar refractivity (Wildman–Crippen MR) is 68.5 cm³/mol. The van der Waals surface area contributed by atoms with Crippen LogP contribution in [0.1, 0.15) is 30.4 Å². The van der Waals surface area contributed by atoms with Gasteiger partial charge in [0.1, 0.15) is 5.69 Å². The molecule has 18 heavy (non-hydrogen) atoms. The topological polar surface area (TPSA) is 91.6 Å². The van der Waals surface area contributed by atoms with Gasteiger partial charge in [-0.1, -0.05) is 0 Å². The third kappa shape index (κ3) is 3.58. The van der Waals surface area contributed by atoms with Crippen LogP contribution in [-0.2, 0) is 4.79 Å². The number of amides is 1. The molecule has 1 heterocycles. The number of aromatic nitrogens is 1. The Balaban J connectivity index is 2.75. The maximum atomic E-state index is 11.9. The molecule has 0 saturated heterocycles. The standard InChI is InChI=1S/C11H15BrN2O4/c1-6(2)14-5-7(12)3-8(14)10(16)13-4-9(15)11(17)18/h3,5-6,9,15H,4H2,1-2H3,(H,13,16)(H,17,18)/t9-/m0/s1. The van der Waals surface area contributed by atoms with E-state index >= 15 is 0 Å². The van der Waals surface area contributed by atoms with E-state index in [2.05, 4.69) is 21.2 Å². The molecular formula is C11H15BrN2O4. The lowest BCUT2D eigenvalue weighted by Crippen LogP contribution is -2.37. The van der Waals surface area contributed by atoms with Crippen molar-refractivity contribution in [2.45, 2.75) is 26.0 Å². The molecule has 0 saturated carbocycles. The van der Waals surface area contributed by atoms with Gasteiger partial charge in [0.25, 0.3) is 5.91 Å². The quantitative estimate of drug-likeness (QED) is 0.755.